The van der Waals surface area contributed by atoms with E-state index in [0.717, 1.165) is 18.7 Å². The van der Waals surface area contributed by atoms with Crippen LogP contribution < -0.4 is 4.74 Å². The van der Waals surface area contributed by atoms with Crippen LogP contribution in [-0.4, -0.2) is 35.7 Å². The van der Waals surface area contributed by atoms with E-state index in [1.807, 2.05) is 12.1 Å². The Morgan fingerprint density at radius 1 is 1.25 bits per heavy atom. The van der Waals surface area contributed by atoms with Crippen molar-refractivity contribution in [2.24, 2.45) is 0 Å². The van der Waals surface area contributed by atoms with E-state index < -0.39 is 6.10 Å². The van der Waals surface area contributed by atoms with E-state index >= 15 is 0 Å². The molecule has 1 unspecified atom stereocenters. The fraction of sp³-hybridized carbons (Fsp3) is 0.625. The van der Waals surface area contributed by atoms with Crippen LogP contribution in [0.3, 0.4) is 0 Å². The highest BCUT2D eigenvalue weighted by atomic mass is 35.5. The summed E-state index contributed by atoms with van der Waals surface area (Å²) in [5.74, 6) is 0.609. The van der Waals surface area contributed by atoms with Crippen molar-refractivity contribution in [2.75, 3.05) is 20.2 Å². The maximum atomic E-state index is 10.8. The molecular weight excluding hydrogens is 274 g/mol. The number of rotatable bonds is 4. The summed E-state index contributed by atoms with van der Waals surface area (Å²) < 4.78 is 5.24. The molecule has 112 valence electrons. The van der Waals surface area contributed by atoms with Gasteiger partial charge in [0.2, 0.25) is 0 Å². The monoisotopic (exact) mass is 297 g/mol. The van der Waals surface area contributed by atoms with Crippen LogP contribution in [0.1, 0.15) is 44.8 Å². The Morgan fingerprint density at radius 3 is 2.50 bits per heavy atom. The van der Waals surface area contributed by atoms with E-state index in [9.17, 15) is 5.11 Å². The number of aliphatic hydroxyl groups excluding tert-OH is 1. The number of benzene rings is 1. The second-order valence-corrected chi connectivity index (χ2v) is 6.41. The number of halogens is 1. The van der Waals surface area contributed by atoms with Gasteiger partial charge in [-0.1, -0.05) is 24.1 Å². The molecule has 20 heavy (non-hydrogen) atoms. The molecule has 0 aliphatic carbocycles. The van der Waals surface area contributed by atoms with Crippen molar-refractivity contribution in [3.63, 3.8) is 0 Å². The number of methoxy groups -OCH3 is 1. The summed E-state index contributed by atoms with van der Waals surface area (Å²) in [5, 5.41) is 11.3. The zero-order chi connectivity index (χ0) is 14.8. The van der Waals surface area contributed by atoms with E-state index in [1.165, 1.54) is 19.3 Å². The predicted molar refractivity (Wildman–Crippen MR) is 82.5 cm³/mol. The highest BCUT2D eigenvalue weighted by molar-refractivity contribution is 6.32. The maximum absolute atomic E-state index is 10.8. The summed E-state index contributed by atoms with van der Waals surface area (Å²) in [6.07, 6.45) is 3.14. The zero-order valence-electron chi connectivity index (χ0n) is 12.5. The Hall–Kier alpha value is -0.770. The smallest absolute Gasteiger partial charge is 0.137 e. The quantitative estimate of drug-likeness (QED) is 0.921. The van der Waals surface area contributed by atoms with Gasteiger partial charge < -0.3 is 9.84 Å². The fourth-order valence-corrected chi connectivity index (χ4v) is 3.09. The molecule has 1 aliphatic rings. The summed E-state index contributed by atoms with van der Waals surface area (Å²) in [6.45, 7) is 6.30. The fourth-order valence-electron chi connectivity index (χ4n) is 2.90. The van der Waals surface area contributed by atoms with E-state index in [2.05, 4.69) is 18.7 Å². The van der Waals surface area contributed by atoms with E-state index in [1.54, 1.807) is 13.2 Å². The Kier molecular flexibility index (Phi) is 4.95. The molecule has 0 aromatic heterocycles. The molecule has 1 fully saturated rings. The molecule has 1 heterocycles. The minimum absolute atomic E-state index is 0.292. The first-order chi connectivity index (χ1) is 9.46. The number of piperidine rings is 1. The molecule has 0 saturated carbocycles. The molecule has 0 bridgehead atoms. The van der Waals surface area contributed by atoms with Crippen LogP contribution in [0.5, 0.6) is 5.75 Å². The second kappa shape index (κ2) is 6.33. The van der Waals surface area contributed by atoms with Crippen LogP contribution in [0.2, 0.25) is 5.02 Å². The third-order valence-electron chi connectivity index (χ3n) is 4.33. The predicted octanol–water partition coefficient (Wildman–Crippen LogP) is 3.65. The third kappa shape index (κ3) is 3.11. The first-order valence-corrected chi connectivity index (χ1v) is 7.61. The number of nitrogens with zero attached hydrogens (tertiary/aromatic N) is 1. The number of hydrogen-bond acceptors (Lipinski definition) is 3. The summed E-state index contributed by atoms with van der Waals surface area (Å²) in [4.78, 5) is 2.38. The molecule has 3 nitrogen and oxygen atoms in total. The van der Waals surface area contributed by atoms with E-state index in [-0.39, 0.29) is 5.54 Å². The third-order valence-corrected chi connectivity index (χ3v) is 4.64. The van der Waals surface area contributed by atoms with Gasteiger partial charge in [0.25, 0.3) is 0 Å². The van der Waals surface area contributed by atoms with Gasteiger partial charge in [-0.15, -0.1) is 0 Å². The lowest BCUT2D eigenvalue weighted by Gasteiger charge is -2.44. The Labute approximate surface area is 126 Å². The normalized spacial score (nSPS) is 18.9. The topological polar surface area (TPSA) is 32.7 Å². The lowest BCUT2D eigenvalue weighted by Crippen LogP contribution is -2.50. The van der Waals surface area contributed by atoms with Crippen LogP contribution in [0.25, 0.3) is 0 Å². The van der Waals surface area contributed by atoms with Crippen LogP contribution in [0, 0.1) is 0 Å². The molecule has 1 atom stereocenters. The highest BCUT2D eigenvalue weighted by Gasteiger charge is 2.36. The highest BCUT2D eigenvalue weighted by Crippen LogP contribution is 2.36. The molecule has 4 heteroatoms. The molecule has 1 aromatic carbocycles. The van der Waals surface area contributed by atoms with Crippen molar-refractivity contribution in [1.29, 1.82) is 0 Å². The Bertz CT molecular complexity index is 456. The molecule has 1 N–H and O–H groups in total. The molecule has 0 radical (unpaired) electrons. The van der Waals surface area contributed by atoms with Crippen molar-refractivity contribution in [3.8, 4) is 5.75 Å². The average molecular weight is 298 g/mol. The van der Waals surface area contributed by atoms with Crippen molar-refractivity contribution in [2.45, 2.75) is 44.8 Å². The van der Waals surface area contributed by atoms with Crippen molar-refractivity contribution < 1.29 is 9.84 Å². The summed E-state index contributed by atoms with van der Waals surface area (Å²) in [6, 6.07) is 5.49. The minimum atomic E-state index is -0.563. The standard InChI is InChI=1S/C16H24ClNO2/c1-16(2,18-9-5-4-6-10-18)15(19)12-7-8-13(17)14(11-12)20-3/h7-8,11,15,19H,4-6,9-10H2,1-3H3. The van der Waals surface area contributed by atoms with Gasteiger partial charge in [0.05, 0.1) is 18.2 Å². The van der Waals surface area contributed by atoms with Crippen LogP contribution >= 0.6 is 11.6 Å². The SMILES string of the molecule is COc1cc(C(O)C(C)(C)N2CCCCC2)ccc1Cl. The molecular formula is C16H24ClNO2. The van der Waals surface area contributed by atoms with Gasteiger partial charge in [-0.3, -0.25) is 4.90 Å². The van der Waals surface area contributed by atoms with Crippen LogP contribution in [0.15, 0.2) is 18.2 Å². The molecule has 1 saturated heterocycles. The lowest BCUT2D eigenvalue weighted by atomic mass is 9.88. The van der Waals surface area contributed by atoms with Crippen molar-refractivity contribution in [1.82, 2.24) is 4.90 Å². The van der Waals surface area contributed by atoms with Crippen LogP contribution in [-0.2, 0) is 0 Å². The summed E-state index contributed by atoms with van der Waals surface area (Å²) in [5.41, 5.74) is 0.557. The van der Waals surface area contributed by atoms with Crippen molar-refractivity contribution in [3.05, 3.63) is 28.8 Å². The van der Waals surface area contributed by atoms with Gasteiger partial charge in [0.1, 0.15) is 5.75 Å². The van der Waals surface area contributed by atoms with Gasteiger partial charge in [0.15, 0.2) is 0 Å². The Morgan fingerprint density at radius 2 is 1.90 bits per heavy atom. The van der Waals surface area contributed by atoms with E-state index in [4.69, 9.17) is 16.3 Å². The molecule has 1 aromatic rings. The molecule has 1 aliphatic heterocycles. The second-order valence-electron chi connectivity index (χ2n) is 6.00. The van der Waals surface area contributed by atoms with Gasteiger partial charge in [0, 0.05) is 5.54 Å². The van der Waals surface area contributed by atoms with Gasteiger partial charge in [-0.25, -0.2) is 0 Å². The molecule has 2 rings (SSSR count). The minimum Gasteiger partial charge on any atom is -0.495 e. The number of likely N-dealkylation sites (tertiary alicyclic amines) is 1. The number of aliphatic hydroxyl groups is 1. The lowest BCUT2D eigenvalue weighted by molar-refractivity contribution is -0.0209. The molecule has 0 spiro atoms. The van der Waals surface area contributed by atoms with Crippen molar-refractivity contribution >= 4 is 11.6 Å². The number of ether oxygens (including phenoxy) is 1. The number of hydrogen-bond donors (Lipinski definition) is 1. The Balaban J connectivity index is 2.22. The van der Waals surface area contributed by atoms with Gasteiger partial charge in [-0.05, 0) is 57.5 Å². The van der Waals surface area contributed by atoms with E-state index in [0.29, 0.717) is 10.8 Å². The van der Waals surface area contributed by atoms with Crippen LogP contribution in [0.4, 0.5) is 0 Å². The molecule has 0 amide bonds. The largest absolute Gasteiger partial charge is 0.495 e. The average Bonchev–Trinajstić information content (AvgIpc) is 2.48. The first kappa shape index (κ1) is 15.6. The maximum Gasteiger partial charge on any atom is 0.137 e. The summed E-state index contributed by atoms with van der Waals surface area (Å²) in [7, 11) is 1.59. The summed E-state index contributed by atoms with van der Waals surface area (Å²) >= 11 is 6.05. The first-order valence-electron chi connectivity index (χ1n) is 7.23. The van der Waals surface area contributed by atoms with Gasteiger partial charge in [-0.2, -0.15) is 0 Å². The van der Waals surface area contributed by atoms with Gasteiger partial charge >= 0.3 is 0 Å². The zero-order valence-corrected chi connectivity index (χ0v) is 13.3.